The highest BCUT2D eigenvalue weighted by atomic mass is 16.6. The third-order valence-corrected chi connectivity index (χ3v) is 8.80. The van der Waals surface area contributed by atoms with Crippen LogP contribution in [0.25, 0.3) is 0 Å². The SMILES string of the molecule is C=C(C)C(=O)OCCO[C@H]1CC[C@H](C(=O)OC2CCC([C@H]3CC[C@H](CCCCC)CC3)CC2)CC1. The first-order valence-electron chi connectivity index (χ1n) is 14.6. The molecule has 0 atom stereocenters. The Morgan fingerprint density at radius 1 is 0.771 bits per heavy atom. The van der Waals surface area contributed by atoms with Crippen molar-refractivity contribution in [2.45, 2.75) is 129 Å². The van der Waals surface area contributed by atoms with E-state index in [4.69, 9.17) is 14.2 Å². The standard InChI is InChI=1S/C30H50O5/c1-4-5-6-7-23-8-10-24(11-9-23)25-12-18-28(19-13-25)35-30(32)26-14-16-27(17-15-26)33-20-21-34-29(31)22(2)3/h23-28H,2,4-21H2,1,3H3/t23-,24-,25?,26-,27-,28?. The summed E-state index contributed by atoms with van der Waals surface area (Å²) >= 11 is 0. The zero-order chi connectivity index (χ0) is 25.0. The molecule has 0 aliphatic heterocycles. The molecule has 3 aliphatic carbocycles. The topological polar surface area (TPSA) is 61.8 Å². The van der Waals surface area contributed by atoms with Crippen molar-refractivity contribution in [1.29, 1.82) is 0 Å². The minimum atomic E-state index is -0.376. The summed E-state index contributed by atoms with van der Waals surface area (Å²) < 4.78 is 16.9. The molecule has 0 aromatic carbocycles. The molecule has 0 aromatic rings. The van der Waals surface area contributed by atoms with Crippen LogP contribution in [0.1, 0.15) is 117 Å². The lowest BCUT2D eigenvalue weighted by molar-refractivity contribution is -0.158. The number of carbonyl (C=O) groups excluding carboxylic acids is 2. The minimum absolute atomic E-state index is 0.00914. The minimum Gasteiger partial charge on any atom is -0.462 e. The molecule has 3 fully saturated rings. The van der Waals surface area contributed by atoms with Crippen LogP contribution in [-0.2, 0) is 23.8 Å². The average Bonchev–Trinajstić information content (AvgIpc) is 2.88. The Labute approximate surface area is 213 Å². The van der Waals surface area contributed by atoms with Gasteiger partial charge in [-0.2, -0.15) is 0 Å². The summed E-state index contributed by atoms with van der Waals surface area (Å²) in [7, 11) is 0. The molecule has 3 saturated carbocycles. The molecule has 35 heavy (non-hydrogen) atoms. The van der Waals surface area contributed by atoms with E-state index in [1.165, 1.54) is 64.2 Å². The fourth-order valence-electron chi connectivity index (χ4n) is 6.51. The molecule has 0 amide bonds. The Bertz CT molecular complexity index is 650. The maximum atomic E-state index is 12.8. The number of ether oxygens (including phenoxy) is 3. The van der Waals surface area contributed by atoms with Gasteiger partial charge in [0.2, 0.25) is 0 Å². The number of rotatable bonds is 12. The Kier molecular flexibility index (Phi) is 12.1. The van der Waals surface area contributed by atoms with Gasteiger partial charge in [0, 0.05) is 5.57 Å². The van der Waals surface area contributed by atoms with E-state index in [9.17, 15) is 9.59 Å². The lowest BCUT2D eigenvalue weighted by atomic mass is 9.70. The van der Waals surface area contributed by atoms with Crippen LogP contribution in [0.5, 0.6) is 0 Å². The normalized spacial score (nSPS) is 31.5. The monoisotopic (exact) mass is 490 g/mol. The van der Waals surface area contributed by atoms with Crippen LogP contribution < -0.4 is 0 Å². The van der Waals surface area contributed by atoms with Crippen LogP contribution in [0.15, 0.2) is 12.2 Å². The molecule has 0 saturated heterocycles. The second-order valence-electron chi connectivity index (χ2n) is 11.5. The van der Waals surface area contributed by atoms with Crippen molar-refractivity contribution in [2.75, 3.05) is 13.2 Å². The second-order valence-corrected chi connectivity index (χ2v) is 11.5. The number of hydrogen-bond acceptors (Lipinski definition) is 5. The van der Waals surface area contributed by atoms with Crippen LogP contribution in [0, 0.1) is 23.7 Å². The molecule has 0 spiro atoms. The van der Waals surface area contributed by atoms with Gasteiger partial charge in [0.05, 0.1) is 18.6 Å². The van der Waals surface area contributed by atoms with Gasteiger partial charge in [-0.3, -0.25) is 4.79 Å². The van der Waals surface area contributed by atoms with Gasteiger partial charge in [-0.15, -0.1) is 0 Å². The highest BCUT2D eigenvalue weighted by molar-refractivity contribution is 5.86. The molecule has 0 aromatic heterocycles. The first-order valence-corrected chi connectivity index (χ1v) is 14.6. The summed E-state index contributed by atoms with van der Waals surface area (Å²) in [5.41, 5.74) is 0.401. The van der Waals surface area contributed by atoms with Crippen LogP contribution in [0.4, 0.5) is 0 Å². The third kappa shape index (κ3) is 9.55. The van der Waals surface area contributed by atoms with E-state index >= 15 is 0 Å². The van der Waals surface area contributed by atoms with E-state index < -0.39 is 0 Å². The molecule has 0 radical (unpaired) electrons. The molecule has 5 nitrogen and oxygen atoms in total. The first-order chi connectivity index (χ1) is 17.0. The lowest BCUT2D eigenvalue weighted by Crippen LogP contribution is -2.33. The van der Waals surface area contributed by atoms with E-state index in [-0.39, 0.29) is 36.7 Å². The predicted molar refractivity (Wildman–Crippen MR) is 139 cm³/mol. The fraction of sp³-hybridized carbons (Fsp3) is 0.867. The van der Waals surface area contributed by atoms with Crippen LogP contribution >= 0.6 is 0 Å². The summed E-state index contributed by atoms with van der Waals surface area (Å²) in [6.07, 6.45) is 19.5. The smallest absolute Gasteiger partial charge is 0.333 e. The Morgan fingerprint density at radius 2 is 1.37 bits per heavy atom. The highest BCUT2D eigenvalue weighted by Gasteiger charge is 2.34. The molecular weight excluding hydrogens is 440 g/mol. The van der Waals surface area contributed by atoms with Gasteiger partial charge >= 0.3 is 11.9 Å². The molecular formula is C30H50O5. The van der Waals surface area contributed by atoms with E-state index in [2.05, 4.69) is 13.5 Å². The van der Waals surface area contributed by atoms with Crippen molar-refractivity contribution in [3.63, 3.8) is 0 Å². The average molecular weight is 491 g/mol. The van der Waals surface area contributed by atoms with Crippen LogP contribution in [0.3, 0.4) is 0 Å². The van der Waals surface area contributed by atoms with Gasteiger partial charge in [-0.25, -0.2) is 4.79 Å². The Morgan fingerprint density at radius 3 is 1.97 bits per heavy atom. The van der Waals surface area contributed by atoms with Crippen molar-refractivity contribution < 1.29 is 23.8 Å². The molecule has 3 aliphatic rings. The van der Waals surface area contributed by atoms with Gasteiger partial charge in [-0.1, -0.05) is 52.0 Å². The zero-order valence-corrected chi connectivity index (χ0v) is 22.4. The van der Waals surface area contributed by atoms with Gasteiger partial charge in [0.1, 0.15) is 12.7 Å². The van der Waals surface area contributed by atoms with Gasteiger partial charge < -0.3 is 14.2 Å². The largest absolute Gasteiger partial charge is 0.462 e. The van der Waals surface area contributed by atoms with Gasteiger partial charge in [0.15, 0.2) is 0 Å². The van der Waals surface area contributed by atoms with Crippen LogP contribution in [-0.4, -0.2) is 37.4 Å². The lowest BCUT2D eigenvalue weighted by Gasteiger charge is -2.38. The Hall–Kier alpha value is -1.36. The van der Waals surface area contributed by atoms with E-state index in [0.717, 1.165) is 56.3 Å². The molecule has 0 N–H and O–H groups in total. The van der Waals surface area contributed by atoms with Gasteiger partial charge in [-0.05, 0) is 88.9 Å². The van der Waals surface area contributed by atoms with E-state index in [1.54, 1.807) is 6.92 Å². The number of hydrogen-bond donors (Lipinski definition) is 0. The third-order valence-electron chi connectivity index (χ3n) is 8.80. The summed E-state index contributed by atoms with van der Waals surface area (Å²) in [5.74, 6) is 2.39. The maximum Gasteiger partial charge on any atom is 0.333 e. The summed E-state index contributed by atoms with van der Waals surface area (Å²) in [6, 6.07) is 0. The highest BCUT2D eigenvalue weighted by Crippen LogP contribution is 2.42. The molecule has 0 bridgehead atoms. The summed E-state index contributed by atoms with van der Waals surface area (Å²) in [5, 5.41) is 0. The number of esters is 2. The fourth-order valence-corrected chi connectivity index (χ4v) is 6.51. The maximum absolute atomic E-state index is 12.8. The van der Waals surface area contributed by atoms with Crippen LogP contribution in [0.2, 0.25) is 0 Å². The molecule has 200 valence electrons. The van der Waals surface area contributed by atoms with Crippen molar-refractivity contribution in [2.24, 2.45) is 23.7 Å². The van der Waals surface area contributed by atoms with Crippen molar-refractivity contribution in [3.8, 4) is 0 Å². The van der Waals surface area contributed by atoms with Crippen molar-refractivity contribution >= 4 is 11.9 Å². The zero-order valence-electron chi connectivity index (χ0n) is 22.4. The quantitative estimate of drug-likeness (QED) is 0.165. The Balaban J connectivity index is 1.25. The molecule has 0 heterocycles. The predicted octanol–water partition coefficient (Wildman–Crippen LogP) is 7.17. The van der Waals surface area contributed by atoms with Gasteiger partial charge in [0.25, 0.3) is 0 Å². The first kappa shape index (κ1) is 28.2. The van der Waals surface area contributed by atoms with Crippen molar-refractivity contribution in [3.05, 3.63) is 12.2 Å². The summed E-state index contributed by atoms with van der Waals surface area (Å²) in [4.78, 5) is 24.2. The number of carbonyl (C=O) groups is 2. The molecule has 3 rings (SSSR count). The molecule has 0 unspecified atom stereocenters. The number of unbranched alkanes of at least 4 members (excludes halogenated alkanes) is 2. The van der Waals surface area contributed by atoms with Crippen molar-refractivity contribution in [1.82, 2.24) is 0 Å². The van der Waals surface area contributed by atoms with E-state index in [1.807, 2.05) is 0 Å². The molecule has 5 heteroatoms. The second kappa shape index (κ2) is 15.0. The van der Waals surface area contributed by atoms with E-state index in [0.29, 0.717) is 12.2 Å². The summed E-state index contributed by atoms with van der Waals surface area (Å²) in [6.45, 7) is 8.13.